The zero-order chi connectivity index (χ0) is 15.5. The third kappa shape index (κ3) is 2.24. The van der Waals surface area contributed by atoms with Crippen molar-refractivity contribution in [3.05, 3.63) is 29.8 Å². The van der Waals surface area contributed by atoms with E-state index in [-0.39, 0.29) is 30.1 Å². The second kappa shape index (κ2) is 4.78. The largest absolute Gasteiger partial charge is 0.497 e. The molecule has 0 aromatic heterocycles. The smallest absolute Gasteiger partial charge is 0.163 e. The fourth-order valence-electron chi connectivity index (χ4n) is 3.82. The SMILES string of the molecule is COc1ccc(CN2[C@H]3[C@@H]4OC(C)(C)O[C@@H]4CC(=O)[C@H]32)cc1. The van der Waals surface area contributed by atoms with Gasteiger partial charge in [0, 0.05) is 13.0 Å². The molecule has 2 aliphatic heterocycles. The number of rotatable bonds is 3. The second-order valence-corrected chi connectivity index (χ2v) is 6.76. The van der Waals surface area contributed by atoms with E-state index in [1.165, 1.54) is 5.56 Å². The Morgan fingerprint density at radius 1 is 1.27 bits per heavy atom. The summed E-state index contributed by atoms with van der Waals surface area (Å²) in [6.45, 7) is 4.60. The average molecular weight is 303 g/mol. The highest BCUT2D eigenvalue weighted by molar-refractivity contribution is 5.90. The van der Waals surface area contributed by atoms with Crippen LogP contribution in [0.15, 0.2) is 24.3 Å². The molecule has 0 N–H and O–H groups in total. The third-order valence-electron chi connectivity index (χ3n) is 4.79. The molecule has 118 valence electrons. The molecule has 2 saturated heterocycles. The molecule has 1 saturated carbocycles. The maximum atomic E-state index is 12.3. The minimum Gasteiger partial charge on any atom is -0.497 e. The van der Waals surface area contributed by atoms with Crippen molar-refractivity contribution in [3.8, 4) is 5.75 Å². The van der Waals surface area contributed by atoms with E-state index in [0.717, 1.165) is 12.3 Å². The van der Waals surface area contributed by atoms with Crippen molar-refractivity contribution >= 4 is 5.78 Å². The van der Waals surface area contributed by atoms with Crippen molar-refractivity contribution in [1.29, 1.82) is 0 Å². The molecule has 0 bridgehead atoms. The number of benzene rings is 1. The van der Waals surface area contributed by atoms with Gasteiger partial charge in [0.15, 0.2) is 11.6 Å². The molecule has 0 radical (unpaired) electrons. The Balaban J connectivity index is 1.49. The van der Waals surface area contributed by atoms with Crippen molar-refractivity contribution in [2.75, 3.05) is 7.11 Å². The van der Waals surface area contributed by atoms with Crippen LogP contribution >= 0.6 is 0 Å². The molecule has 1 aliphatic carbocycles. The number of Topliss-reactive ketones (excluding diaryl/α,β-unsaturated/α-hetero) is 1. The van der Waals surface area contributed by atoms with Crippen LogP contribution in [0.1, 0.15) is 25.8 Å². The van der Waals surface area contributed by atoms with Gasteiger partial charge in [0.05, 0.1) is 25.3 Å². The normalized spacial score (nSPS) is 38.3. The Morgan fingerprint density at radius 2 is 2.00 bits per heavy atom. The molecule has 22 heavy (non-hydrogen) atoms. The number of ketones is 1. The van der Waals surface area contributed by atoms with Crippen LogP contribution in [0.3, 0.4) is 0 Å². The molecule has 1 unspecified atom stereocenters. The van der Waals surface area contributed by atoms with Crippen molar-refractivity contribution in [3.63, 3.8) is 0 Å². The van der Waals surface area contributed by atoms with Gasteiger partial charge in [-0.3, -0.25) is 9.69 Å². The predicted molar refractivity (Wildman–Crippen MR) is 79.6 cm³/mol. The minimum absolute atomic E-state index is 0.000789. The number of ether oxygens (including phenoxy) is 3. The highest BCUT2D eigenvalue weighted by Crippen LogP contribution is 2.47. The van der Waals surface area contributed by atoms with Crippen LogP contribution in [0.2, 0.25) is 0 Å². The zero-order valence-electron chi connectivity index (χ0n) is 13.1. The molecule has 0 amide bonds. The van der Waals surface area contributed by atoms with E-state index in [2.05, 4.69) is 4.90 Å². The summed E-state index contributed by atoms with van der Waals surface area (Å²) in [5, 5.41) is 0. The number of methoxy groups -OCH3 is 1. The van der Waals surface area contributed by atoms with Crippen LogP contribution in [0.25, 0.3) is 0 Å². The molecule has 5 atom stereocenters. The number of carbonyl (C=O) groups excluding carboxylic acids is 1. The maximum absolute atomic E-state index is 12.3. The molecule has 3 aliphatic rings. The summed E-state index contributed by atoms with van der Waals surface area (Å²) in [7, 11) is 1.66. The zero-order valence-corrected chi connectivity index (χ0v) is 13.1. The van der Waals surface area contributed by atoms with Gasteiger partial charge in [0.2, 0.25) is 0 Å². The van der Waals surface area contributed by atoms with Crippen molar-refractivity contribution in [2.45, 2.75) is 56.9 Å². The molecular weight excluding hydrogens is 282 g/mol. The number of likely N-dealkylation sites (tertiary alicyclic amines) is 1. The van der Waals surface area contributed by atoms with E-state index in [4.69, 9.17) is 14.2 Å². The van der Waals surface area contributed by atoms with E-state index in [1.54, 1.807) is 7.11 Å². The Bertz CT molecular complexity index is 597. The van der Waals surface area contributed by atoms with E-state index in [0.29, 0.717) is 6.42 Å². The first kappa shape index (κ1) is 14.2. The van der Waals surface area contributed by atoms with Crippen molar-refractivity contribution in [1.82, 2.24) is 4.90 Å². The lowest BCUT2D eigenvalue weighted by molar-refractivity contribution is -0.147. The first-order valence-electron chi connectivity index (χ1n) is 7.75. The number of fused-ring (bicyclic) bond motifs is 3. The molecule has 2 heterocycles. The van der Waals surface area contributed by atoms with Crippen LogP contribution in [-0.2, 0) is 20.8 Å². The van der Waals surface area contributed by atoms with Crippen LogP contribution < -0.4 is 4.74 Å². The fraction of sp³-hybridized carbons (Fsp3) is 0.588. The Morgan fingerprint density at radius 3 is 2.68 bits per heavy atom. The quantitative estimate of drug-likeness (QED) is 0.796. The second-order valence-electron chi connectivity index (χ2n) is 6.76. The van der Waals surface area contributed by atoms with Gasteiger partial charge < -0.3 is 14.2 Å². The van der Waals surface area contributed by atoms with Gasteiger partial charge in [-0.25, -0.2) is 0 Å². The molecular formula is C17H21NO4. The molecule has 1 aromatic rings. The summed E-state index contributed by atoms with van der Waals surface area (Å²) < 4.78 is 17.1. The Labute approximate surface area is 130 Å². The summed E-state index contributed by atoms with van der Waals surface area (Å²) >= 11 is 0. The molecule has 0 spiro atoms. The topological polar surface area (TPSA) is 47.8 Å². The summed E-state index contributed by atoms with van der Waals surface area (Å²) in [4.78, 5) is 14.5. The summed E-state index contributed by atoms with van der Waals surface area (Å²) in [5.41, 5.74) is 1.18. The molecule has 1 aromatic carbocycles. The van der Waals surface area contributed by atoms with E-state index in [1.807, 2.05) is 38.1 Å². The predicted octanol–water partition coefficient (Wildman–Crippen LogP) is 1.74. The number of carbonyl (C=O) groups is 1. The van der Waals surface area contributed by atoms with Crippen LogP contribution in [0.4, 0.5) is 0 Å². The van der Waals surface area contributed by atoms with Gasteiger partial charge >= 0.3 is 0 Å². The van der Waals surface area contributed by atoms with Crippen LogP contribution in [-0.4, -0.2) is 47.9 Å². The molecule has 4 rings (SSSR count). The summed E-state index contributed by atoms with van der Waals surface area (Å²) in [6.07, 6.45) is 0.384. The Kier molecular flexibility index (Phi) is 3.08. The molecule has 5 nitrogen and oxygen atoms in total. The first-order valence-corrected chi connectivity index (χ1v) is 7.75. The van der Waals surface area contributed by atoms with Crippen LogP contribution in [0.5, 0.6) is 5.75 Å². The highest BCUT2D eigenvalue weighted by atomic mass is 16.8. The highest BCUT2D eigenvalue weighted by Gasteiger charge is 2.65. The van der Waals surface area contributed by atoms with Gasteiger partial charge in [-0.2, -0.15) is 0 Å². The lowest BCUT2D eigenvalue weighted by atomic mass is 9.94. The summed E-state index contributed by atoms with van der Waals surface area (Å²) in [6, 6.07) is 8.15. The number of nitrogens with zero attached hydrogens (tertiary/aromatic N) is 1. The first-order chi connectivity index (χ1) is 10.5. The Hall–Kier alpha value is -1.43. The fourth-order valence-corrected chi connectivity index (χ4v) is 3.82. The van der Waals surface area contributed by atoms with E-state index in [9.17, 15) is 4.79 Å². The van der Waals surface area contributed by atoms with Gasteiger partial charge in [0.25, 0.3) is 0 Å². The van der Waals surface area contributed by atoms with Gasteiger partial charge in [0.1, 0.15) is 11.9 Å². The number of hydrogen-bond acceptors (Lipinski definition) is 5. The molecule has 5 heteroatoms. The monoisotopic (exact) mass is 303 g/mol. The summed E-state index contributed by atoms with van der Waals surface area (Å²) in [5.74, 6) is 0.539. The standard InChI is InChI=1S/C17H21NO4/c1-17(2)21-13-8-12(19)14-15(16(13)22-17)18(14)9-10-4-6-11(20-3)7-5-10/h4-7,13-16H,8-9H2,1-3H3/t13-,14-,15-,16-,18?/m1/s1. The lowest BCUT2D eigenvalue weighted by Crippen LogP contribution is -2.38. The maximum Gasteiger partial charge on any atom is 0.163 e. The number of hydrogen-bond donors (Lipinski definition) is 0. The molecule has 3 fully saturated rings. The van der Waals surface area contributed by atoms with Crippen LogP contribution in [0, 0.1) is 0 Å². The minimum atomic E-state index is -0.584. The van der Waals surface area contributed by atoms with E-state index >= 15 is 0 Å². The average Bonchev–Trinajstić information content (AvgIpc) is 3.09. The van der Waals surface area contributed by atoms with Gasteiger partial charge in [-0.05, 0) is 31.5 Å². The van der Waals surface area contributed by atoms with Gasteiger partial charge in [-0.1, -0.05) is 12.1 Å². The van der Waals surface area contributed by atoms with Gasteiger partial charge in [-0.15, -0.1) is 0 Å². The van der Waals surface area contributed by atoms with Crippen molar-refractivity contribution < 1.29 is 19.0 Å². The lowest BCUT2D eigenvalue weighted by Gasteiger charge is -2.18. The van der Waals surface area contributed by atoms with E-state index < -0.39 is 5.79 Å². The third-order valence-corrected chi connectivity index (χ3v) is 4.79. The van der Waals surface area contributed by atoms with Crippen molar-refractivity contribution in [2.24, 2.45) is 0 Å².